The SMILES string of the molecule is Cc1cc(CCCC(N)=NC(=N)c2ccc(C(F)(F)F)cc2)ccc1OC(C)(C)C(=O)O. The van der Waals surface area contributed by atoms with E-state index in [1.165, 1.54) is 26.0 Å². The van der Waals surface area contributed by atoms with Crippen LogP contribution in [0.5, 0.6) is 5.75 Å². The average Bonchev–Trinajstić information content (AvgIpc) is 2.69. The standard InChI is InChI=1S/C23H26F3N3O3/c1-14-13-15(7-12-18(14)32-22(2,3)21(30)31)5-4-6-19(27)29-20(28)16-8-10-17(11-9-16)23(24,25)26/h7-13H,4-6H2,1-3H3,(H,30,31)(H3,27,28,29). The van der Waals surface area contributed by atoms with Crippen molar-refractivity contribution in [3.8, 4) is 5.75 Å². The minimum Gasteiger partial charge on any atom is -0.478 e. The first-order valence-electron chi connectivity index (χ1n) is 9.91. The number of alkyl halides is 3. The number of aliphatic carboxylic acids is 1. The Balaban J connectivity index is 1.92. The van der Waals surface area contributed by atoms with E-state index < -0.39 is 23.3 Å². The molecule has 0 aliphatic carbocycles. The number of amidine groups is 2. The number of nitrogens with zero attached hydrogens (tertiary/aromatic N) is 1. The normalized spacial score (nSPS) is 12.5. The molecule has 0 saturated carbocycles. The minimum atomic E-state index is -4.43. The molecule has 2 aromatic carbocycles. The highest BCUT2D eigenvalue weighted by molar-refractivity contribution is 6.04. The summed E-state index contributed by atoms with van der Waals surface area (Å²) < 4.78 is 43.5. The van der Waals surface area contributed by atoms with Gasteiger partial charge in [0.15, 0.2) is 11.4 Å². The van der Waals surface area contributed by atoms with Gasteiger partial charge in [-0.05, 0) is 62.9 Å². The number of carbonyl (C=O) groups is 1. The molecule has 0 aromatic heterocycles. The van der Waals surface area contributed by atoms with E-state index in [9.17, 15) is 23.1 Å². The Morgan fingerprint density at radius 3 is 2.31 bits per heavy atom. The van der Waals surface area contributed by atoms with Gasteiger partial charge in [-0.3, -0.25) is 5.41 Å². The van der Waals surface area contributed by atoms with E-state index in [0.29, 0.717) is 25.0 Å². The number of hydrogen-bond acceptors (Lipinski definition) is 3. The number of hydrogen-bond donors (Lipinski definition) is 3. The lowest BCUT2D eigenvalue weighted by atomic mass is 10.0. The molecular formula is C23H26F3N3O3. The first kappa shape index (κ1) is 24.9. The van der Waals surface area contributed by atoms with Crippen LogP contribution in [0, 0.1) is 12.3 Å². The van der Waals surface area contributed by atoms with Crippen LogP contribution in [-0.2, 0) is 17.4 Å². The third-order valence-electron chi connectivity index (χ3n) is 4.76. The molecule has 0 heterocycles. The smallest absolute Gasteiger partial charge is 0.416 e. The second kappa shape index (κ2) is 9.84. The van der Waals surface area contributed by atoms with Gasteiger partial charge in [-0.2, -0.15) is 13.2 Å². The van der Waals surface area contributed by atoms with Gasteiger partial charge in [0.2, 0.25) is 0 Å². The minimum absolute atomic E-state index is 0.199. The fraction of sp³-hybridized carbons (Fsp3) is 0.348. The molecule has 0 fully saturated rings. The zero-order valence-corrected chi connectivity index (χ0v) is 18.1. The summed E-state index contributed by atoms with van der Waals surface area (Å²) in [5.41, 5.74) is 5.82. The van der Waals surface area contributed by atoms with Crippen LogP contribution in [0.4, 0.5) is 13.2 Å². The Morgan fingerprint density at radius 2 is 1.78 bits per heavy atom. The molecule has 0 unspecified atom stereocenters. The van der Waals surface area contributed by atoms with Crippen LogP contribution in [0.1, 0.15) is 48.9 Å². The molecule has 0 bridgehead atoms. The van der Waals surface area contributed by atoms with Crippen LogP contribution in [0.2, 0.25) is 0 Å². The van der Waals surface area contributed by atoms with Gasteiger partial charge in [-0.15, -0.1) is 0 Å². The number of carboxylic acids is 1. The van der Waals surface area contributed by atoms with Crippen molar-refractivity contribution in [2.75, 3.05) is 0 Å². The summed E-state index contributed by atoms with van der Waals surface area (Å²) in [6, 6.07) is 9.68. The average molecular weight is 449 g/mol. The maximum Gasteiger partial charge on any atom is 0.416 e. The van der Waals surface area contributed by atoms with Crippen molar-refractivity contribution >= 4 is 17.6 Å². The number of nitrogens with one attached hydrogen (secondary N) is 1. The monoisotopic (exact) mass is 449 g/mol. The largest absolute Gasteiger partial charge is 0.478 e. The van der Waals surface area contributed by atoms with E-state index >= 15 is 0 Å². The maximum atomic E-state index is 12.6. The van der Waals surface area contributed by atoms with Crippen molar-refractivity contribution in [2.24, 2.45) is 10.7 Å². The van der Waals surface area contributed by atoms with Crippen LogP contribution in [0.25, 0.3) is 0 Å². The van der Waals surface area contributed by atoms with E-state index in [2.05, 4.69) is 4.99 Å². The van der Waals surface area contributed by atoms with E-state index in [-0.39, 0.29) is 17.2 Å². The van der Waals surface area contributed by atoms with Gasteiger partial charge in [-0.25, -0.2) is 9.79 Å². The third kappa shape index (κ3) is 6.83. The molecule has 0 spiro atoms. The van der Waals surface area contributed by atoms with Crippen molar-refractivity contribution in [3.05, 3.63) is 64.7 Å². The molecule has 2 aromatic rings. The topological polar surface area (TPSA) is 109 Å². The molecule has 6 nitrogen and oxygen atoms in total. The lowest BCUT2D eigenvalue weighted by Crippen LogP contribution is -2.38. The Hall–Kier alpha value is -3.36. The highest BCUT2D eigenvalue weighted by Gasteiger charge is 2.30. The van der Waals surface area contributed by atoms with Crippen molar-refractivity contribution in [1.82, 2.24) is 0 Å². The molecular weight excluding hydrogens is 423 g/mol. The Labute approximate surface area is 184 Å². The Bertz CT molecular complexity index is 1010. The Kier molecular flexibility index (Phi) is 7.66. The molecule has 0 radical (unpaired) electrons. The van der Waals surface area contributed by atoms with Gasteiger partial charge in [0, 0.05) is 12.0 Å². The van der Waals surface area contributed by atoms with Crippen molar-refractivity contribution in [3.63, 3.8) is 0 Å². The summed E-state index contributed by atoms with van der Waals surface area (Å²) in [5.74, 6) is -0.547. The zero-order valence-electron chi connectivity index (χ0n) is 18.1. The molecule has 32 heavy (non-hydrogen) atoms. The van der Waals surface area contributed by atoms with Gasteiger partial charge in [0.25, 0.3) is 0 Å². The van der Waals surface area contributed by atoms with Crippen LogP contribution in [0.15, 0.2) is 47.5 Å². The van der Waals surface area contributed by atoms with Gasteiger partial charge < -0.3 is 15.6 Å². The molecule has 4 N–H and O–H groups in total. The van der Waals surface area contributed by atoms with Crippen molar-refractivity contribution in [2.45, 2.75) is 51.8 Å². The molecule has 9 heteroatoms. The summed E-state index contributed by atoms with van der Waals surface area (Å²) in [6.45, 7) is 4.79. The van der Waals surface area contributed by atoms with Crippen LogP contribution in [-0.4, -0.2) is 28.3 Å². The predicted octanol–water partition coefficient (Wildman–Crippen LogP) is 4.96. The number of aliphatic imine (C=N–C) groups is 1. The molecule has 0 amide bonds. The van der Waals surface area contributed by atoms with Gasteiger partial charge in [-0.1, -0.05) is 24.3 Å². The van der Waals surface area contributed by atoms with E-state index in [1.54, 1.807) is 6.07 Å². The number of aryl methyl sites for hydroxylation is 2. The number of rotatable bonds is 8. The van der Waals surface area contributed by atoms with Crippen LogP contribution in [0.3, 0.4) is 0 Å². The fourth-order valence-corrected chi connectivity index (χ4v) is 2.85. The van der Waals surface area contributed by atoms with Crippen molar-refractivity contribution in [1.29, 1.82) is 5.41 Å². The predicted molar refractivity (Wildman–Crippen MR) is 116 cm³/mol. The summed E-state index contributed by atoms with van der Waals surface area (Å²) in [7, 11) is 0. The number of benzene rings is 2. The lowest BCUT2D eigenvalue weighted by Gasteiger charge is -2.23. The molecule has 2 rings (SSSR count). The second-order valence-corrected chi connectivity index (χ2v) is 7.90. The number of halogens is 3. The number of carboxylic acid groups (broad SMARTS) is 1. The fourth-order valence-electron chi connectivity index (χ4n) is 2.85. The highest BCUT2D eigenvalue weighted by Crippen LogP contribution is 2.29. The lowest BCUT2D eigenvalue weighted by molar-refractivity contribution is -0.152. The van der Waals surface area contributed by atoms with Gasteiger partial charge >= 0.3 is 12.1 Å². The molecule has 0 aliphatic rings. The Morgan fingerprint density at radius 1 is 1.16 bits per heavy atom. The zero-order chi connectivity index (χ0) is 24.1. The van der Waals surface area contributed by atoms with Crippen LogP contribution >= 0.6 is 0 Å². The molecule has 0 saturated heterocycles. The van der Waals surface area contributed by atoms with Crippen LogP contribution < -0.4 is 10.5 Å². The van der Waals surface area contributed by atoms with Gasteiger partial charge in [0.05, 0.1) is 5.56 Å². The first-order valence-corrected chi connectivity index (χ1v) is 9.91. The quantitative estimate of drug-likeness (QED) is 0.391. The summed E-state index contributed by atoms with van der Waals surface area (Å²) in [4.78, 5) is 15.2. The van der Waals surface area contributed by atoms with E-state index in [1.807, 2.05) is 19.1 Å². The molecule has 172 valence electrons. The number of nitrogens with two attached hydrogens (primary N) is 1. The van der Waals surface area contributed by atoms with E-state index in [0.717, 1.165) is 23.3 Å². The number of ether oxygens (including phenoxy) is 1. The second-order valence-electron chi connectivity index (χ2n) is 7.90. The third-order valence-corrected chi connectivity index (χ3v) is 4.76. The van der Waals surface area contributed by atoms with Crippen molar-refractivity contribution < 1.29 is 27.8 Å². The summed E-state index contributed by atoms with van der Waals surface area (Å²) >= 11 is 0. The summed E-state index contributed by atoms with van der Waals surface area (Å²) in [5, 5.41) is 17.1. The molecule has 0 aliphatic heterocycles. The highest BCUT2D eigenvalue weighted by atomic mass is 19.4. The first-order chi connectivity index (χ1) is 14.8. The van der Waals surface area contributed by atoms with E-state index in [4.69, 9.17) is 15.9 Å². The molecule has 0 atom stereocenters. The van der Waals surface area contributed by atoms with Gasteiger partial charge in [0.1, 0.15) is 11.6 Å². The maximum absolute atomic E-state index is 12.6. The summed E-state index contributed by atoms with van der Waals surface area (Å²) in [6.07, 6.45) is -2.70.